The molecule has 0 aliphatic carbocycles. The van der Waals surface area contributed by atoms with Crippen molar-refractivity contribution in [3.63, 3.8) is 0 Å². The standard InChI is InChI=1S/C20H20N7O2.Po/c1-2-25-10-14-9-24(11-16(14)22-25)15-3-4-17-13(7-15)8-18-19(29-20(28)27(17)18)12-26-6-5-21-23-26;/h3-7,10,18-19H,1-2,8-9,11-12H2;/t18-,19-;/m0./s1. The molecule has 153 valence electrons. The van der Waals surface area contributed by atoms with Crippen molar-refractivity contribution in [3.05, 3.63) is 53.6 Å². The molecular formula is C20H20N7O2Po. The number of aromatic nitrogens is 5. The summed E-state index contributed by atoms with van der Waals surface area (Å²) < 4.78 is 10.6. The van der Waals surface area contributed by atoms with Gasteiger partial charge in [0.05, 0.1) is 12.7 Å². The van der Waals surface area contributed by atoms with E-state index in [1.54, 1.807) is 47.0 Å². The van der Waals surface area contributed by atoms with E-state index in [1.807, 2.05) is 0 Å². The van der Waals surface area contributed by atoms with E-state index in [4.69, 9.17) is 9.84 Å². The number of carbonyl (C=O) groups excluding carboxylic acids is 1. The van der Waals surface area contributed by atoms with Crippen LogP contribution >= 0.6 is 0 Å². The molecule has 0 saturated carbocycles. The molecule has 0 bridgehead atoms. The van der Waals surface area contributed by atoms with Gasteiger partial charge in [-0.15, -0.1) is 5.10 Å². The molecule has 0 spiro atoms. The Balaban J connectivity index is 1.21. The molecule has 1 fully saturated rings. The summed E-state index contributed by atoms with van der Waals surface area (Å²) in [5, 5.41) is 12.6. The Bertz CT molecular complexity index is 1090. The van der Waals surface area contributed by atoms with E-state index >= 15 is 0 Å². The molecule has 2 aromatic heterocycles. The van der Waals surface area contributed by atoms with Crippen molar-refractivity contribution < 1.29 is 9.53 Å². The molecular weight excluding hydrogens is 579 g/mol. The molecule has 1 aromatic carbocycles. The third-order valence-corrected chi connectivity index (χ3v) is 6.82. The minimum absolute atomic E-state index is 0.00160. The summed E-state index contributed by atoms with van der Waals surface area (Å²) in [6.45, 7) is 3.24. The number of carbonyl (C=O) groups is 1. The van der Waals surface area contributed by atoms with Crippen LogP contribution in [0.25, 0.3) is 0 Å². The Kier molecular flexibility index (Phi) is 4.31. The Morgan fingerprint density at radius 3 is 2.93 bits per heavy atom. The topological polar surface area (TPSA) is 81.3 Å². The van der Waals surface area contributed by atoms with Crippen LogP contribution in [0.5, 0.6) is 0 Å². The maximum absolute atomic E-state index is 12.5. The van der Waals surface area contributed by atoms with Gasteiger partial charge in [-0.3, -0.25) is 0 Å². The zero-order chi connectivity index (χ0) is 20.2. The summed E-state index contributed by atoms with van der Waals surface area (Å²) in [5.74, 6) is 0. The Morgan fingerprint density at radius 1 is 1.20 bits per heavy atom. The number of hydrogen-bond acceptors (Lipinski definition) is 6. The van der Waals surface area contributed by atoms with Crippen molar-refractivity contribution >= 4 is 42.5 Å². The molecule has 0 unspecified atom stereocenters. The molecule has 1 radical (unpaired) electrons. The van der Waals surface area contributed by atoms with Crippen molar-refractivity contribution in [2.24, 2.45) is 0 Å². The average molecular weight is 599 g/mol. The predicted molar refractivity (Wildman–Crippen MR) is 109 cm³/mol. The van der Waals surface area contributed by atoms with Gasteiger partial charge in [0.15, 0.2) is 0 Å². The van der Waals surface area contributed by atoms with Gasteiger partial charge in [0, 0.05) is 6.20 Å². The van der Waals surface area contributed by atoms with Gasteiger partial charge in [-0.05, 0) is 0 Å². The number of rotatable bonds is 5. The SMILES string of the molecule is O=C1O[C@@H](Cn2ccnn2)[C@@H]2Cc3cc(N4Cc5cn(C[CH2][Po])nc5C4)ccc3N12. The van der Waals surface area contributed by atoms with Crippen molar-refractivity contribution in [1.82, 2.24) is 24.8 Å². The molecule has 30 heavy (non-hydrogen) atoms. The van der Waals surface area contributed by atoms with Crippen LogP contribution in [0.4, 0.5) is 16.2 Å². The third kappa shape index (κ3) is 2.92. The van der Waals surface area contributed by atoms with Crippen molar-refractivity contribution in [1.29, 1.82) is 0 Å². The third-order valence-electron chi connectivity index (χ3n) is 6.11. The molecule has 1 amide bonds. The molecule has 5 heterocycles. The van der Waals surface area contributed by atoms with Crippen LogP contribution in [-0.2, 0) is 37.3 Å². The normalized spacial score (nSPS) is 21.7. The molecule has 9 nitrogen and oxygen atoms in total. The number of fused-ring (bicyclic) bond motifs is 4. The fourth-order valence-electron chi connectivity index (χ4n) is 4.73. The second-order valence-electron chi connectivity index (χ2n) is 7.93. The van der Waals surface area contributed by atoms with Gasteiger partial charge in [-0.2, -0.15) is 0 Å². The van der Waals surface area contributed by atoms with Gasteiger partial charge in [-0.1, -0.05) is 5.21 Å². The van der Waals surface area contributed by atoms with Crippen molar-refractivity contribution in [2.75, 3.05) is 9.80 Å². The van der Waals surface area contributed by atoms with Crippen LogP contribution < -0.4 is 9.80 Å². The molecule has 3 aliphatic heterocycles. The first kappa shape index (κ1) is 18.3. The molecule has 10 heteroatoms. The van der Waals surface area contributed by atoms with Crippen LogP contribution in [0.2, 0.25) is 4.08 Å². The average Bonchev–Trinajstić information content (AvgIpc) is 3.51. The van der Waals surface area contributed by atoms with E-state index in [-0.39, 0.29) is 18.2 Å². The van der Waals surface area contributed by atoms with Crippen LogP contribution in [0.1, 0.15) is 16.8 Å². The fourth-order valence-corrected chi connectivity index (χ4v) is 5.46. The summed E-state index contributed by atoms with van der Waals surface area (Å²) in [5.41, 5.74) is 5.83. The first-order valence-corrected chi connectivity index (χ1v) is 12.3. The zero-order valence-corrected chi connectivity index (χ0v) is 19.4. The number of ether oxygens (including phenoxy) is 1. The van der Waals surface area contributed by atoms with Crippen LogP contribution in [-0.4, -0.2) is 68.1 Å². The number of cyclic esters (lactones) is 1. The summed E-state index contributed by atoms with van der Waals surface area (Å²) in [6.07, 6.45) is 5.90. The second kappa shape index (κ2) is 7.05. The van der Waals surface area contributed by atoms with E-state index in [0.717, 1.165) is 31.7 Å². The molecule has 2 atom stereocenters. The molecule has 1 saturated heterocycles. The van der Waals surface area contributed by atoms with Gasteiger partial charge < -0.3 is 4.74 Å². The Labute approximate surface area is 188 Å². The van der Waals surface area contributed by atoms with Gasteiger partial charge in [0.1, 0.15) is 6.10 Å². The van der Waals surface area contributed by atoms with Crippen LogP contribution in [0, 0.1) is 0 Å². The summed E-state index contributed by atoms with van der Waals surface area (Å²) in [7, 11) is 0. The number of nitrogens with zero attached hydrogens (tertiary/aromatic N) is 7. The van der Waals surface area contributed by atoms with E-state index < -0.39 is 0 Å². The quantitative estimate of drug-likeness (QED) is 0.443. The molecule has 3 aliphatic rings. The fraction of sp³-hybridized carbons (Fsp3) is 0.400. The number of aryl methyl sites for hydroxylation is 1. The van der Waals surface area contributed by atoms with Crippen LogP contribution in [0.15, 0.2) is 36.8 Å². The van der Waals surface area contributed by atoms with E-state index in [1.165, 1.54) is 26.6 Å². The Morgan fingerprint density at radius 2 is 2.13 bits per heavy atom. The second-order valence-corrected chi connectivity index (χ2v) is 9.51. The van der Waals surface area contributed by atoms with Crippen LogP contribution in [0.3, 0.4) is 0 Å². The minimum atomic E-state index is -0.273. The molecule has 0 N–H and O–H groups in total. The van der Waals surface area contributed by atoms with Gasteiger partial charge in [-0.25, -0.2) is 9.48 Å². The van der Waals surface area contributed by atoms with E-state index in [0.29, 0.717) is 6.54 Å². The predicted octanol–water partition coefficient (Wildman–Crippen LogP) is 1.53. The number of hydrogen-bond donors (Lipinski definition) is 0. The summed E-state index contributed by atoms with van der Waals surface area (Å²) >= 11 is 1.59. The van der Waals surface area contributed by atoms with Gasteiger partial charge in [0.2, 0.25) is 0 Å². The molecule has 3 aromatic rings. The number of amides is 1. The van der Waals surface area contributed by atoms with Crippen molar-refractivity contribution in [3.8, 4) is 0 Å². The summed E-state index contributed by atoms with van der Waals surface area (Å²) in [6, 6.07) is 6.39. The van der Waals surface area contributed by atoms with Crippen molar-refractivity contribution in [2.45, 2.75) is 48.8 Å². The van der Waals surface area contributed by atoms with Gasteiger partial charge in [0.25, 0.3) is 0 Å². The molecule has 6 rings (SSSR count). The maximum atomic E-state index is 12.5. The van der Waals surface area contributed by atoms with E-state index in [9.17, 15) is 4.79 Å². The Hall–Kier alpha value is -2.46. The zero-order valence-electron chi connectivity index (χ0n) is 16.2. The van der Waals surface area contributed by atoms with E-state index in [2.05, 4.69) is 44.3 Å². The monoisotopic (exact) mass is 599 g/mol. The first-order chi connectivity index (χ1) is 14.7. The summed E-state index contributed by atoms with van der Waals surface area (Å²) in [4.78, 5) is 16.7. The number of anilines is 2. The first-order valence-electron chi connectivity index (χ1n) is 10.0. The van der Waals surface area contributed by atoms with Gasteiger partial charge >= 0.3 is 140 Å². The number of benzene rings is 1.